The average Bonchev–Trinajstić information content (AvgIpc) is 2.45. The highest BCUT2D eigenvalue weighted by Gasteiger charge is 2.14. The molecule has 21 heavy (non-hydrogen) atoms. The van der Waals surface area contributed by atoms with Crippen LogP contribution in [0.5, 0.6) is 0 Å². The maximum absolute atomic E-state index is 5.56. The summed E-state index contributed by atoms with van der Waals surface area (Å²) in [5.74, 6) is 8.25. The second-order valence-corrected chi connectivity index (χ2v) is 6.10. The van der Waals surface area contributed by atoms with Gasteiger partial charge in [0.25, 0.3) is 0 Å². The minimum absolute atomic E-state index is 0.276. The molecule has 0 amide bonds. The molecule has 0 aromatic carbocycles. The van der Waals surface area contributed by atoms with E-state index in [4.69, 9.17) is 5.84 Å². The number of hydrogen-bond donors (Lipinski definition) is 3. The summed E-state index contributed by atoms with van der Waals surface area (Å²) in [6.07, 6.45) is 6.31. The van der Waals surface area contributed by atoms with Gasteiger partial charge in [-0.3, -0.25) is 0 Å². The zero-order chi connectivity index (χ0) is 15.8. The summed E-state index contributed by atoms with van der Waals surface area (Å²) in [4.78, 5) is 9.10. The quantitative estimate of drug-likeness (QED) is 0.365. The Morgan fingerprint density at radius 3 is 2.29 bits per heavy atom. The summed E-state index contributed by atoms with van der Waals surface area (Å²) < 4.78 is 0. The molecule has 5 heteroatoms. The number of unbranched alkanes of at least 4 members (excludes halogenated alkanes) is 3. The minimum Gasteiger partial charge on any atom is -0.367 e. The first-order valence-corrected chi connectivity index (χ1v) is 8.11. The van der Waals surface area contributed by atoms with Crippen molar-refractivity contribution in [3.8, 4) is 0 Å². The molecule has 1 aromatic rings. The molecular formula is C16H31N5. The average molecular weight is 293 g/mol. The first kappa shape index (κ1) is 17.7. The van der Waals surface area contributed by atoms with Crippen molar-refractivity contribution < 1.29 is 0 Å². The van der Waals surface area contributed by atoms with Crippen LogP contribution in [0.3, 0.4) is 0 Å². The van der Waals surface area contributed by atoms with Crippen molar-refractivity contribution in [2.24, 2.45) is 5.84 Å². The predicted octanol–water partition coefficient (Wildman–Crippen LogP) is 3.96. The molecule has 0 aliphatic carbocycles. The second-order valence-electron chi connectivity index (χ2n) is 6.10. The molecule has 120 valence electrons. The van der Waals surface area contributed by atoms with E-state index in [1.54, 1.807) is 0 Å². The molecule has 0 radical (unpaired) electrons. The number of hydrogen-bond acceptors (Lipinski definition) is 5. The molecule has 1 aromatic heterocycles. The Morgan fingerprint density at radius 2 is 1.71 bits per heavy atom. The highest BCUT2D eigenvalue weighted by atomic mass is 15.3. The fourth-order valence-corrected chi connectivity index (χ4v) is 2.26. The van der Waals surface area contributed by atoms with Gasteiger partial charge in [-0.05, 0) is 20.3 Å². The van der Waals surface area contributed by atoms with Crippen LogP contribution in [0.15, 0.2) is 0 Å². The third-order valence-electron chi connectivity index (χ3n) is 3.69. The van der Waals surface area contributed by atoms with Gasteiger partial charge in [0, 0.05) is 17.5 Å². The van der Waals surface area contributed by atoms with E-state index in [0.717, 1.165) is 23.6 Å². The topological polar surface area (TPSA) is 75.9 Å². The monoisotopic (exact) mass is 293 g/mol. The molecule has 1 atom stereocenters. The first-order valence-electron chi connectivity index (χ1n) is 8.11. The van der Waals surface area contributed by atoms with Crippen molar-refractivity contribution in [1.29, 1.82) is 0 Å². The fourth-order valence-electron chi connectivity index (χ4n) is 2.26. The number of hydrazine groups is 1. The first-order chi connectivity index (χ1) is 9.99. The molecule has 4 N–H and O–H groups in total. The van der Waals surface area contributed by atoms with E-state index in [9.17, 15) is 0 Å². The van der Waals surface area contributed by atoms with Crippen molar-refractivity contribution in [2.45, 2.75) is 78.7 Å². The van der Waals surface area contributed by atoms with Gasteiger partial charge in [-0.1, -0.05) is 46.5 Å². The van der Waals surface area contributed by atoms with E-state index in [2.05, 4.69) is 48.4 Å². The number of anilines is 2. The van der Waals surface area contributed by atoms with E-state index in [0.29, 0.717) is 11.9 Å². The molecule has 0 spiro atoms. The smallest absolute Gasteiger partial charge is 0.148 e. The van der Waals surface area contributed by atoms with Gasteiger partial charge in [-0.25, -0.2) is 15.8 Å². The molecule has 1 unspecified atom stereocenters. The zero-order valence-electron chi connectivity index (χ0n) is 14.2. The maximum Gasteiger partial charge on any atom is 0.148 e. The van der Waals surface area contributed by atoms with Crippen molar-refractivity contribution in [1.82, 2.24) is 9.97 Å². The van der Waals surface area contributed by atoms with Crippen LogP contribution in [0.4, 0.5) is 11.6 Å². The second kappa shape index (κ2) is 8.82. The van der Waals surface area contributed by atoms with E-state index in [-0.39, 0.29) is 5.92 Å². The molecule has 0 saturated carbocycles. The van der Waals surface area contributed by atoms with Crippen LogP contribution >= 0.6 is 0 Å². The number of nitrogen functional groups attached to an aromatic ring is 1. The summed E-state index contributed by atoms with van der Waals surface area (Å²) in [5, 5.41) is 3.51. The Morgan fingerprint density at radius 1 is 1.05 bits per heavy atom. The van der Waals surface area contributed by atoms with E-state index in [1.165, 1.54) is 25.7 Å². The van der Waals surface area contributed by atoms with Crippen molar-refractivity contribution in [3.05, 3.63) is 11.4 Å². The number of nitrogens with zero attached hydrogens (tertiary/aromatic N) is 2. The summed E-state index contributed by atoms with van der Waals surface area (Å²) in [6, 6.07) is 0.404. The van der Waals surface area contributed by atoms with Gasteiger partial charge in [0.1, 0.15) is 17.5 Å². The van der Waals surface area contributed by atoms with Crippen LogP contribution in [0, 0.1) is 6.92 Å². The van der Waals surface area contributed by atoms with Crippen LogP contribution in [0.1, 0.15) is 77.1 Å². The lowest BCUT2D eigenvalue weighted by Crippen LogP contribution is -2.20. The van der Waals surface area contributed by atoms with Crippen LogP contribution in [0.2, 0.25) is 0 Å². The molecule has 1 rings (SSSR count). The fraction of sp³-hybridized carbons (Fsp3) is 0.750. The number of rotatable bonds is 9. The maximum atomic E-state index is 5.56. The summed E-state index contributed by atoms with van der Waals surface area (Å²) in [7, 11) is 0. The minimum atomic E-state index is 0.276. The lowest BCUT2D eigenvalue weighted by Gasteiger charge is -2.19. The van der Waals surface area contributed by atoms with E-state index < -0.39 is 0 Å². The molecule has 0 fully saturated rings. The third-order valence-corrected chi connectivity index (χ3v) is 3.69. The van der Waals surface area contributed by atoms with Crippen molar-refractivity contribution in [2.75, 3.05) is 10.7 Å². The van der Waals surface area contributed by atoms with Gasteiger partial charge in [-0.2, -0.15) is 0 Å². The van der Waals surface area contributed by atoms with Crippen LogP contribution in [-0.2, 0) is 0 Å². The molecule has 5 nitrogen and oxygen atoms in total. The molecule has 1 heterocycles. The molecule has 0 saturated heterocycles. The summed E-state index contributed by atoms with van der Waals surface area (Å²) in [6.45, 7) is 10.6. The number of nitrogens with one attached hydrogen (secondary N) is 2. The third kappa shape index (κ3) is 5.50. The SMILES string of the molecule is CCCCCCC(C)Nc1nc(C(C)C)nc(NN)c1C. The number of nitrogens with two attached hydrogens (primary N) is 1. The highest BCUT2D eigenvalue weighted by Crippen LogP contribution is 2.23. The summed E-state index contributed by atoms with van der Waals surface area (Å²) >= 11 is 0. The highest BCUT2D eigenvalue weighted by molar-refractivity contribution is 5.57. The Labute approximate surface area is 129 Å². The van der Waals surface area contributed by atoms with Gasteiger partial charge < -0.3 is 10.7 Å². The Kier molecular flexibility index (Phi) is 7.43. The van der Waals surface area contributed by atoms with Crippen molar-refractivity contribution >= 4 is 11.6 Å². The van der Waals surface area contributed by atoms with E-state index >= 15 is 0 Å². The van der Waals surface area contributed by atoms with Gasteiger partial charge in [0.05, 0.1) is 0 Å². The standard InChI is InChI=1S/C16H31N5/c1-6-7-8-9-10-12(4)18-15-13(5)16(21-17)20-14(19-15)11(2)3/h11-12H,6-10,17H2,1-5H3,(H2,18,19,20,21). The van der Waals surface area contributed by atoms with Crippen LogP contribution in [-0.4, -0.2) is 16.0 Å². The Hall–Kier alpha value is -1.36. The molecule has 0 aliphatic heterocycles. The van der Waals surface area contributed by atoms with Gasteiger partial charge in [-0.15, -0.1) is 0 Å². The van der Waals surface area contributed by atoms with Crippen LogP contribution in [0.25, 0.3) is 0 Å². The zero-order valence-corrected chi connectivity index (χ0v) is 14.2. The normalized spacial score (nSPS) is 12.5. The van der Waals surface area contributed by atoms with Crippen molar-refractivity contribution in [3.63, 3.8) is 0 Å². The lowest BCUT2D eigenvalue weighted by atomic mass is 10.1. The van der Waals surface area contributed by atoms with Crippen LogP contribution < -0.4 is 16.6 Å². The lowest BCUT2D eigenvalue weighted by molar-refractivity contribution is 0.592. The van der Waals surface area contributed by atoms with E-state index in [1.807, 2.05) is 6.92 Å². The number of aromatic nitrogens is 2. The van der Waals surface area contributed by atoms with Gasteiger partial charge >= 0.3 is 0 Å². The Balaban J connectivity index is 2.74. The predicted molar refractivity (Wildman–Crippen MR) is 90.5 cm³/mol. The van der Waals surface area contributed by atoms with Gasteiger partial charge in [0.2, 0.25) is 0 Å². The molecule has 0 aliphatic rings. The molecular weight excluding hydrogens is 262 g/mol. The Bertz CT molecular complexity index is 431. The van der Waals surface area contributed by atoms with Gasteiger partial charge in [0.15, 0.2) is 0 Å². The molecule has 0 bridgehead atoms. The summed E-state index contributed by atoms with van der Waals surface area (Å²) in [5.41, 5.74) is 3.65. The largest absolute Gasteiger partial charge is 0.367 e.